The number of hydrogen-bond donors (Lipinski definition) is 0. The van der Waals surface area contributed by atoms with Gasteiger partial charge in [-0.2, -0.15) is 0 Å². The highest BCUT2D eigenvalue weighted by Crippen LogP contribution is 2.32. The van der Waals surface area contributed by atoms with Crippen molar-refractivity contribution in [1.82, 2.24) is 9.55 Å². The predicted octanol–water partition coefficient (Wildman–Crippen LogP) is 3.33. The maximum Gasteiger partial charge on any atom is 0.257 e. The fourth-order valence-electron chi connectivity index (χ4n) is 3.24. The molecule has 1 fully saturated rings. The summed E-state index contributed by atoms with van der Waals surface area (Å²) in [6.07, 6.45) is 2.68. The van der Waals surface area contributed by atoms with Crippen molar-refractivity contribution in [2.45, 2.75) is 25.8 Å². The van der Waals surface area contributed by atoms with Crippen molar-refractivity contribution in [3.8, 4) is 5.75 Å². The van der Waals surface area contributed by atoms with E-state index in [0.29, 0.717) is 12.3 Å². The van der Waals surface area contributed by atoms with Gasteiger partial charge >= 0.3 is 0 Å². The molecule has 1 saturated heterocycles. The largest absolute Gasteiger partial charge is 0.494 e. The van der Waals surface area contributed by atoms with Crippen molar-refractivity contribution >= 4 is 28.5 Å². The van der Waals surface area contributed by atoms with Crippen LogP contribution >= 0.6 is 0 Å². The Hall–Kier alpha value is -3.15. The number of carbonyl (C=O) groups excluding carboxylic acids is 2. The van der Waals surface area contributed by atoms with Gasteiger partial charge in [-0.1, -0.05) is 19.1 Å². The van der Waals surface area contributed by atoms with Crippen LogP contribution in [0.25, 0.3) is 11.0 Å². The molecule has 2 aromatic carbocycles. The van der Waals surface area contributed by atoms with E-state index in [1.165, 1.54) is 4.90 Å². The maximum atomic E-state index is 12.9. The number of carbonyl (C=O) groups is 2. The summed E-state index contributed by atoms with van der Waals surface area (Å²) in [4.78, 5) is 31.0. The lowest BCUT2D eigenvalue weighted by molar-refractivity contribution is -0.122. The van der Waals surface area contributed by atoms with Gasteiger partial charge in [0.05, 0.1) is 36.1 Å². The molecule has 3 aromatic rings. The van der Waals surface area contributed by atoms with E-state index in [1.54, 1.807) is 35.2 Å². The Morgan fingerprint density at radius 2 is 1.88 bits per heavy atom. The molecule has 0 spiro atoms. The summed E-state index contributed by atoms with van der Waals surface area (Å²) in [5, 5.41) is 0. The predicted molar refractivity (Wildman–Crippen MR) is 98.1 cm³/mol. The number of para-hydroxylation sites is 2. The van der Waals surface area contributed by atoms with Crippen LogP contribution in [0.5, 0.6) is 5.75 Å². The van der Waals surface area contributed by atoms with Crippen molar-refractivity contribution in [2.75, 3.05) is 11.5 Å². The van der Waals surface area contributed by atoms with Gasteiger partial charge in [-0.05, 0) is 42.8 Å². The van der Waals surface area contributed by atoms with Gasteiger partial charge in [-0.25, -0.2) is 9.88 Å². The summed E-state index contributed by atoms with van der Waals surface area (Å²) in [5.74, 6) is 0.284. The quantitative estimate of drug-likeness (QED) is 0.663. The topological polar surface area (TPSA) is 64.4 Å². The maximum absolute atomic E-state index is 12.9. The minimum Gasteiger partial charge on any atom is -0.494 e. The van der Waals surface area contributed by atoms with Crippen LogP contribution in [0.4, 0.5) is 5.69 Å². The molecule has 1 aromatic heterocycles. The second-order valence-electron chi connectivity index (χ2n) is 6.27. The van der Waals surface area contributed by atoms with Crippen LogP contribution in [0.2, 0.25) is 0 Å². The zero-order valence-corrected chi connectivity index (χ0v) is 14.5. The van der Waals surface area contributed by atoms with E-state index >= 15 is 0 Å². The van der Waals surface area contributed by atoms with Crippen molar-refractivity contribution in [1.29, 1.82) is 0 Å². The molecule has 2 heterocycles. The van der Waals surface area contributed by atoms with Crippen LogP contribution in [0.1, 0.15) is 25.8 Å². The fraction of sp³-hybridized carbons (Fsp3) is 0.250. The molecule has 6 heteroatoms. The highest BCUT2D eigenvalue weighted by atomic mass is 16.5. The van der Waals surface area contributed by atoms with Crippen LogP contribution in [-0.4, -0.2) is 28.0 Å². The minimum absolute atomic E-state index is 0.132. The molecule has 6 nitrogen and oxygen atoms in total. The van der Waals surface area contributed by atoms with Gasteiger partial charge < -0.3 is 9.30 Å². The third-order valence-corrected chi connectivity index (χ3v) is 4.51. The zero-order valence-electron chi connectivity index (χ0n) is 14.5. The van der Waals surface area contributed by atoms with E-state index in [1.807, 2.05) is 31.2 Å². The Balaban J connectivity index is 1.61. The number of anilines is 1. The smallest absolute Gasteiger partial charge is 0.257 e. The van der Waals surface area contributed by atoms with Gasteiger partial charge in [-0.15, -0.1) is 0 Å². The van der Waals surface area contributed by atoms with Gasteiger partial charge in [0.15, 0.2) is 0 Å². The standard InChI is InChI=1S/C20H19N3O3/c1-2-11-26-15-9-7-14(8-10-15)23-19(24)12-18(20(23)25)22-13-21-16-5-3-4-6-17(16)22/h3-10,13,18H,2,11-12H2,1H3. The van der Waals surface area contributed by atoms with E-state index in [9.17, 15) is 9.59 Å². The second-order valence-corrected chi connectivity index (χ2v) is 6.27. The summed E-state index contributed by atoms with van der Waals surface area (Å²) in [7, 11) is 0. The SMILES string of the molecule is CCCOc1ccc(N2C(=O)CC(n3cnc4ccccc43)C2=O)cc1. The van der Waals surface area contributed by atoms with Crippen LogP contribution < -0.4 is 9.64 Å². The van der Waals surface area contributed by atoms with Crippen molar-refractivity contribution in [2.24, 2.45) is 0 Å². The van der Waals surface area contributed by atoms with E-state index in [-0.39, 0.29) is 18.2 Å². The number of benzene rings is 2. The Bertz CT molecular complexity index is 962. The van der Waals surface area contributed by atoms with Crippen LogP contribution in [0.3, 0.4) is 0 Å². The van der Waals surface area contributed by atoms with Gasteiger partial charge in [0, 0.05) is 0 Å². The third-order valence-electron chi connectivity index (χ3n) is 4.51. The lowest BCUT2D eigenvalue weighted by atomic mass is 10.2. The molecule has 1 atom stereocenters. The highest BCUT2D eigenvalue weighted by molar-refractivity contribution is 6.21. The van der Waals surface area contributed by atoms with Crippen molar-refractivity contribution in [3.05, 3.63) is 54.9 Å². The summed E-state index contributed by atoms with van der Waals surface area (Å²) < 4.78 is 7.34. The molecule has 2 amide bonds. The lowest BCUT2D eigenvalue weighted by Crippen LogP contribution is -2.31. The first-order valence-corrected chi connectivity index (χ1v) is 8.70. The van der Waals surface area contributed by atoms with Crippen LogP contribution in [-0.2, 0) is 9.59 Å². The molecule has 1 unspecified atom stereocenters. The summed E-state index contributed by atoms with van der Waals surface area (Å²) in [6, 6.07) is 14.1. The Kier molecular flexibility index (Phi) is 4.16. The number of aromatic nitrogens is 2. The third kappa shape index (κ3) is 2.73. The van der Waals surface area contributed by atoms with Gasteiger partial charge in [0.25, 0.3) is 5.91 Å². The van der Waals surface area contributed by atoms with Gasteiger partial charge in [-0.3, -0.25) is 9.59 Å². The summed E-state index contributed by atoms with van der Waals surface area (Å²) in [5.41, 5.74) is 2.23. The van der Waals surface area contributed by atoms with Crippen LogP contribution in [0, 0.1) is 0 Å². The number of nitrogens with zero attached hydrogens (tertiary/aromatic N) is 3. The number of imidazole rings is 1. The molecule has 26 heavy (non-hydrogen) atoms. The molecule has 4 rings (SSSR count). The number of imide groups is 1. The molecule has 0 saturated carbocycles. The zero-order chi connectivity index (χ0) is 18.1. The van der Waals surface area contributed by atoms with E-state index in [4.69, 9.17) is 4.74 Å². The minimum atomic E-state index is -0.564. The average Bonchev–Trinajstić information content (AvgIpc) is 3.21. The highest BCUT2D eigenvalue weighted by Gasteiger charge is 2.41. The number of ether oxygens (including phenoxy) is 1. The number of hydrogen-bond acceptors (Lipinski definition) is 4. The van der Waals surface area contributed by atoms with Crippen LogP contribution in [0.15, 0.2) is 54.9 Å². The van der Waals surface area contributed by atoms with Crippen molar-refractivity contribution < 1.29 is 14.3 Å². The molecular formula is C20H19N3O3. The normalized spacial score (nSPS) is 17.3. The first-order chi connectivity index (χ1) is 12.7. The average molecular weight is 349 g/mol. The molecular weight excluding hydrogens is 330 g/mol. The molecule has 0 radical (unpaired) electrons. The summed E-state index contributed by atoms with van der Waals surface area (Å²) >= 11 is 0. The lowest BCUT2D eigenvalue weighted by Gasteiger charge is -2.16. The molecule has 0 aliphatic carbocycles. The molecule has 0 N–H and O–H groups in total. The Labute approximate surface area is 151 Å². The summed E-state index contributed by atoms with van der Waals surface area (Å²) in [6.45, 7) is 2.67. The van der Waals surface area contributed by atoms with Gasteiger partial charge in [0.1, 0.15) is 11.8 Å². The second kappa shape index (κ2) is 6.63. The molecule has 0 bridgehead atoms. The Morgan fingerprint density at radius 3 is 2.65 bits per heavy atom. The Morgan fingerprint density at radius 1 is 1.12 bits per heavy atom. The van der Waals surface area contributed by atoms with E-state index < -0.39 is 6.04 Å². The number of amides is 2. The van der Waals surface area contributed by atoms with Crippen molar-refractivity contribution in [3.63, 3.8) is 0 Å². The first-order valence-electron chi connectivity index (χ1n) is 8.70. The monoisotopic (exact) mass is 349 g/mol. The van der Waals surface area contributed by atoms with E-state index in [0.717, 1.165) is 23.2 Å². The molecule has 132 valence electrons. The molecule has 1 aliphatic heterocycles. The fourth-order valence-corrected chi connectivity index (χ4v) is 3.24. The first kappa shape index (κ1) is 16.3. The number of fused-ring (bicyclic) bond motifs is 1. The number of rotatable bonds is 5. The molecule has 1 aliphatic rings. The van der Waals surface area contributed by atoms with E-state index in [2.05, 4.69) is 4.98 Å². The van der Waals surface area contributed by atoms with Gasteiger partial charge in [0.2, 0.25) is 5.91 Å².